The van der Waals surface area contributed by atoms with Gasteiger partial charge in [-0.15, -0.1) is 0 Å². The molecule has 0 atom stereocenters. The van der Waals surface area contributed by atoms with Crippen molar-refractivity contribution in [1.82, 2.24) is 9.97 Å². The second-order valence-corrected chi connectivity index (χ2v) is 3.41. The van der Waals surface area contributed by atoms with Crippen molar-refractivity contribution in [3.63, 3.8) is 0 Å². The van der Waals surface area contributed by atoms with Crippen LogP contribution in [0, 0.1) is 6.92 Å². The monoisotopic (exact) mass is 230 g/mol. The maximum absolute atomic E-state index is 11.1. The van der Waals surface area contributed by atoms with Crippen LogP contribution in [0.15, 0.2) is 36.8 Å². The van der Waals surface area contributed by atoms with Crippen molar-refractivity contribution in [3.8, 4) is 11.6 Å². The Kier molecular flexibility index (Phi) is 3.00. The molecule has 0 fully saturated rings. The van der Waals surface area contributed by atoms with E-state index >= 15 is 0 Å². The number of aryl methyl sites for hydroxylation is 1. The SMILES string of the molecule is Cc1cccc(C(=O)O)c1Oc1ccncn1. The third-order valence-electron chi connectivity index (χ3n) is 2.20. The van der Waals surface area contributed by atoms with E-state index in [1.807, 2.05) is 0 Å². The van der Waals surface area contributed by atoms with Crippen molar-refractivity contribution in [2.45, 2.75) is 6.92 Å². The van der Waals surface area contributed by atoms with Crippen LogP contribution in [0.3, 0.4) is 0 Å². The zero-order valence-corrected chi connectivity index (χ0v) is 9.12. The Hall–Kier alpha value is -2.43. The van der Waals surface area contributed by atoms with Gasteiger partial charge in [-0.1, -0.05) is 12.1 Å². The summed E-state index contributed by atoms with van der Waals surface area (Å²) in [7, 11) is 0. The first-order valence-corrected chi connectivity index (χ1v) is 4.95. The lowest BCUT2D eigenvalue weighted by molar-refractivity contribution is 0.0694. The minimum absolute atomic E-state index is 0.114. The molecular formula is C12H10N2O3. The number of ether oxygens (including phenoxy) is 1. The first-order chi connectivity index (χ1) is 8.18. The van der Waals surface area contributed by atoms with Gasteiger partial charge in [-0.3, -0.25) is 0 Å². The Morgan fingerprint density at radius 1 is 1.35 bits per heavy atom. The lowest BCUT2D eigenvalue weighted by Gasteiger charge is -2.10. The average molecular weight is 230 g/mol. The fourth-order valence-electron chi connectivity index (χ4n) is 1.40. The van der Waals surface area contributed by atoms with E-state index in [0.717, 1.165) is 5.56 Å². The molecular weight excluding hydrogens is 220 g/mol. The summed E-state index contributed by atoms with van der Waals surface area (Å²) in [5.41, 5.74) is 0.854. The van der Waals surface area contributed by atoms with E-state index in [1.165, 1.54) is 18.6 Å². The standard InChI is InChI=1S/C12H10N2O3/c1-8-3-2-4-9(12(15)16)11(8)17-10-5-6-13-7-14-10/h2-7H,1H3,(H,15,16). The van der Waals surface area contributed by atoms with Crippen LogP contribution in [-0.4, -0.2) is 21.0 Å². The number of hydrogen-bond donors (Lipinski definition) is 1. The molecule has 5 nitrogen and oxygen atoms in total. The molecule has 17 heavy (non-hydrogen) atoms. The molecule has 0 unspecified atom stereocenters. The first kappa shape index (κ1) is 11.1. The maximum Gasteiger partial charge on any atom is 0.339 e. The number of benzene rings is 1. The van der Waals surface area contributed by atoms with Crippen molar-refractivity contribution in [3.05, 3.63) is 47.9 Å². The molecule has 1 aromatic heterocycles. The summed E-state index contributed by atoms with van der Waals surface area (Å²) in [4.78, 5) is 18.7. The predicted octanol–water partition coefficient (Wildman–Crippen LogP) is 2.28. The smallest absolute Gasteiger partial charge is 0.339 e. The third-order valence-corrected chi connectivity index (χ3v) is 2.20. The van der Waals surface area contributed by atoms with Gasteiger partial charge >= 0.3 is 5.97 Å². The predicted molar refractivity (Wildman–Crippen MR) is 60.2 cm³/mol. The highest BCUT2D eigenvalue weighted by Crippen LogP contribution is 2.27. The molecule has 0 amide bonds. The van der Waals surface area contributed by atoms with Gasteiger partial charge in [0.05, 0.1) is 0 Å². The van der Waals surface area contributed by atoms with E-state index in [4.69, 9.17) is 9.84 Å². The van der Waals surface area contributed by atoms with Crippen molar-refractivity contribution < 1.29 is 14.6 Å². The highest BCUT2D eigenvalue weighted by molar-refractivity contribution is 5.91. The Morgan fingerprint density at radius 2 is 2.18 bits per heavy atom. The van der Waals surface area contributed by atoms with E-state index in [2.05, 4.69) is 9.97 Å². The molecule has 1 heterocycles. The van der Waals surface area contributed by atoms with Gasteiger partial charge < -0.3 is 9.84 Å². The highest BCUT2D eigenvalue weighted by atomic mass is 16.5. The van der Waals surface area contributed by atoms with Crippen LogP contribution >= 0.6 is 0 Å². The van der Waals surface area contributed by atoms with Crippen molar-refractivity contribution in [2.24, 2.45) is 0 Å². The summed E-state index contributed by atoms with van der Waals surface area (Å²) in [5, 5.41) is 9.06. The van der Waals surface area contributed by atoms with Crippen molar-refractivity contribution >= 4 is 5.97 Å². The fourth-order valence-corrected chi connectivity index (χ4v) is 1.40. The fraction of sp³-hybridized carbons (Fsp3) is 0.0833. The molecule has 0 radical (unpaired) electrons. The number of para-hydroxylation sites is 1. The lowest BCUT2D eigenvalue weighted by atomic mass is 10.1. The second-order valence-electron chi connectivity index (χ2n) is 3.41. The Bertz CT molecular complexity index is 541. The Balaban J connectivity index is 2.41. The van der Waals surface area contributed by atoms with Gasteiger partial charge in [0.15, 0.2) is 0 Å². The molecule has 0 aliphatic rings. The van der Waals surface area contributed by atoms with Crippen LogP contribution in [-0.2, 0) is 0 Å². The zero-order chi connectivity index (χ0) is 12.3. The number of nitrogens with zero attached hydrogens (tertiary/aromatic N) is 2. The molecule has 86 valence electrons. The van der Waals surface area contributed by atoms with Gasteiger partial charge in [0.25, 0.3) is 0 Å². The van der Waals surface area contributed by atoms with Gasteiger partial charge in [0.1, 0.15) is 17.6 Å². The van der Waals surface area contributed by atoms with Crippen LogP contribution in [0.2, 0.25) is 0 Å². The number of aromatic nitrogens is 2. The van der Waals surface area contributed by atoms with Gasteiger partial charge in [-0.2, -0.15) is 0 Å². The largest absolute Gasteiger partial charge is 0.478 e. The van der Waals surface area contributed by atoms with Crippen molar-refractivity contribution in [2.75, 3.05) is 0 Å². The second kappa shape index (κ2) is 4.61. The van der Waals surface area contributed by atoms with Crippen LogP contribution in [0.1, 0.15) is 15.9 Å². The highest BCUT2D eigenvalue weighted by Gasteiger charge is 2.14. The molecule has 1 N–H and O–H groups in total. The maximum atomic E-state index is 11.1. The topological polar surface area (TPSA) is 72.3 Å². The van der Waals surface area contributed by atoms with Gasteiger partial charge in [-0.25, -0.2) is 14.8 Å². The van der Waals surface area contributed by atoms with E-state index in [9.17, 15) is 4.79 Å². The number of carbonyl (C=O) groups is 1. The molecule has 0 saturated heterocycles. The van der Waals surface area contributed by atoms with Gasteiger partial charge in [-0.05, 0) is 18.6 Å². The van der Waals surface area contributed by atoms with Crippen LogP contribution < -0.4 is 4.74 Å². The molecule has 0 aliphatic carbocycles. The molecule has 1 aromatic carbocycles. The van der Waals surface area contributed by atoms with E-state index < -0.39 is 5.97 Å². The molecule has 2 rings (SSSR count). The normalized spacial score (nSPS) is 9.94. The summed E-state index contributed by atoms with van der Waals surface area (Å²) in [5.74, 6) is -0.409. The third kappa shape index (κ3) is 2.39. The summed E-state index contributed by atoms with van der Waals surface area (Å²) >= 11 is 0. The van der Waals surface area contributed by atoms with Crippen LogP contribution in [0.25, 0.3) is 0 Å². The molecule has 5 heteroatoms. The summed E-state index contributed by atoms with van der Waals surface area (Å²) in [6.45, 7) is 1.78. The summed E-state index contributed by atoms with van der Waals surface area (Å²) in [6.07, 6.45) is 2.87. The Labute approximate surface area is 97.7 Å². The van der Waals surface area contributed by atoms with Crippen molar-refractivity contribution in [1.29, 1.82) is 0 Å². The summed E-state index contributed by atoms with van der Waals surface area (Å²) < 4.78 is 5.47. The lowest BCUT2D eigenvalue weighted by Crippen LogP contribution is -2.02. The van der Waals surface area contributed by atoms with Gasteiger partial charge in [0, 0.05) is 12.3 Å². The van der Waals surface area contributed by atoms with E-state index in [0.29, 0.717) is 11.6 Å². The molecule has 0 spiro atoms. The average Bonchev–Trinajstić information content (AvgIpc) is 2.33. The van der Waals surface area contributed by atoms with Crippen LogP contribution in [0.5, 0.6) is 11.6 Å². The minimum atomic E-state index is -1.03. The first-order valence-electron chi connectivity index (χ1n) is 4.95. The number of aromatic carboxylic acids is 1. The number of carboxylic acid groups (broad SMARTS) is 1. The molecule has 0 aliphatic heterocycles. The van der Waals surface area contributed by atoms with E-state index in [-0.39, 0.29) is 5.56 Å². The minimum Gasteiger partial charge on any atom is -0.478 e. The summed E-state index contributed by atoms with van der Waals surface area (Å²) in [6, 6.07) is 6.51. The molecule has 0 saturated carbocycles. The van der Waals surface area contributed by atoms with E-state index in [1.54, 1.807) is 25.1 Å². The molecule has 2 aromatic rings. The number of carboxylic acids is 1. The molecule has 0 bridgehead atoms. The number of rotatable bonds is 3. The van der Waals surface area contributed by atoms with Gasteiger partial charge in [0.2, 0.25) is 5.88 Å². The number of hydrogen-bond acceptors (Lipinski definition) is 4. The van der Waals surface area contributed by atoms with Crippen LogP contribution in [0.4, 0.5) is 0 Å². The zero-order valence-electron chi connectivity index (χ0n) is 9.12. The quantitative estimate of drug-likeness (QED) is 0.875. The Morgan fingerprint density at radius 3 is 2.82 bits per heavy atom.